The van der Waals surface area contributed by atoms with Gasteiger partial charge >= 0.3 is 11.9 Å². The lowest BCUT2D eigenvalue weighted by atomic mass is 9.84. The highest BCUT2D eigenvalue weighted by Gasteiger charge is 2.42. The maximum atomic E-state index is 13.5. The number of carbonyl (C=O) groups is 2. The van der Waals surface area contributed by atoms with E-state index in [1.807, 2.05) is 52.8 Å². The number of nitrogens with one attached hydrogen (secondary N) is 1. The number of phenolic OH excluding ortho intramolecular Hbond substituents is 1. The number of carboxylic acid groups (broad SMARTS) is 1. The summed E-state index contributed by atoms with van der Waals surface area (Å²) in [6.45, 7) is 9.72. The van der Waals surface area contributed by atoms with Crippen LogP contribution in [0.1, 0.15) is 43.9 Å². The van der Waals surface area contributed by atoms with Crippen LogP contribution < -0.4 is 10.4 Å². The number of hydrazone groups is 2. The minimum atomic E-state index is -1.61. The van der Waals surface area contributed by atoms with Crippen LogP contribution in [0.4, 0.5) is 5.69 Å². The van der Waals surface area contributed by atoms with Crippen LogP contribution in [0.5, 0.6) is 5.75 Å². The molecule has 8 heteroatoms. The first-order chi connectivity index (χ1) is 16.9. The molecule has 0 spiro atoms. The lowest BCUT2D eigenvalue weighted by Gasteiger charge is -2.30. The Labute approximate surface area is 210 Å². The molecule has 1 aliphatic heterocycles. The maximum absolute atomic E-state index is 13.5. The molecule has 0 bridgehead atoms. The summed E-state index contributed by atoms with van der Waals surface area (Å²) >= 11 is 0. The van der Waals surface area contributed by atoms with E-state index >= 15 is 0 Å². The third-order valence-electron chi connectivity index (χ3n) is 6.41. The second kappa shape index (κ2) is 9.11. The van der Waals surface area contributed by atoms with E-state index in [1.54, 1.807) is 36.4 Å². The van der Waals surface area contributed by atoms with E-state index in [9.17, 15) is 19.8 Å². The summed E-state index contributed by atoms with van der Waals surface area (Å²) in [4.78, 5) is 25.9. The van der Waals surface area contributed by atoms with Gasteiger partial charge in [-0.05, 0) is 54.8 Å². The number of hydrogen-bond acceptors (Lipinski definition) is 6. The van der Waals surface area contributed by atoms with Crippen LogP contribution in [0.15, 0.2) is 70.9 Å². The molecule has 1 atom stereocenters. The number of phenols is 1. The van der Waals surface area contributed by atoms with Crippen molar-refractivity contribution >= 4 is 34.6 Å². The second-order valence-corrected chi connectivity index (χ2v) is 10.2. The normalized spacial score (nSPS) is 21.0. The van der Waals surface area contributed by atoms with Crippen molar-refractivity contribution in [2.45, 2.75) is 46.6 Å². The van der Waals surface area contributed by atoms with Gasteiger partial charge in [0.05, 0.1) is 11.4 Å². The van der Waals surface area contributed by atoms with Crippen LogP contribution in [-0.2, 0) is 9.59 Å². The van der Waals surface area contributed by atoms with Gasteiger partial charge < -0.3 is 10.2 Å². The Hall–Kier alpha value is -4.20. The molecule has 36 heavy (non-hydrogen) atoms. The van der Waals surface area contributed by atoms with Crippen LogP contribution in [0.25, 0.3) is 5.57 Å². The molecular weight excluding hydrogens is 456 g/mol. The summed E-state index contributed by atoms with van der Waals surface area (Å²) < 4.78 is 0. The average Bonchev–Trinajstić information content (AvgIpc) is 3.16. The molecule has 0 saturated carbocycles. The van der Waals surface area contributed by atoms with Crippen molar-refractivity contribution in [3.63, 3.8) is 0 Å². The van der Waals surface area contributed by atoms with Crippen molar-refractivity contribution in [1.82, 2.24) is 5.43 Å². The summed E-state index contributed by atoms with van der Waals surface area (Å²) in [6.07, 6.45) is 4.89. The minimum absolute atomic E-state index is 0.0181. The Morgan fingerprint density at radius 1 is 1.14 bits per heavy atom. The van der Waals surface area contributed by atoms with Gasteiger partial charge in [-0.1, -0.05) is 57.2 Å². The van der Waals surface area contributed by atoms with Gasteiger partial charge in [-0.15, -0.1) is 0 Å². The molecule has 0 saturated heterocycles. The predicted octanol–water partition coefficient (Wildman–Crippen LogP) is 4.57. The third kappa shape index (κ3) is 4.54. The van der Waals surface area contributed by atoms with Crippen molar-refractivity contribution in [1.29, 1.82) is 0 Å². The minimum Gasteiger partial charge on any atom is -0.507 e. The van der Waals surface area contributed by atoms with Crippen LogP contribution in [-0.4, -0.2) is 39.1 Å². The average molecular weight is 487 g/mol. The maximum Gasteiger partial charge on any atom is 0.335 e. The molecule has 0 radical (unpaired) electrons. The zero-order valence-electron chi connectivity index (χ0n) is 21.0. The van der Waals surface area contributed by atoms with E-state index in [2.05, 4.69) is 15.6 Å². The Kier molecular flexibility index (Phi) is 6.30. The summed E-state index contributed by atoms with van der Waals surface area (Å²) in [5.41, 5.74) is 5.06. The number of aliphatic carboxylic acids is 1. The first kappa shape index (κ1) is 24.9. The molecular formula is C28H30N4O4. The second-order valence-electron chi connectivity index (χ2n) is 10.2. The number of carbonyl (C=O) groups excluding carboxylic acids is 1. The summed E-state index contributed by atoms with van der Waals surface area (Å²) in [5.74, 6) is -1.54. The van der Waals surface area contributed by atoms with Gasteiger partial charge in [0.25, 0.3) is 0 Å². The summed E-state index contributed by atoms with van der Waals surface area (Å²) in [6, 6.07) is 12.4. The van der Waals surface area contributed by atoms with E-state index in [0.717, 1.165) is 11.1 Å². The molecule has 1 aliphatic carbocycles. The van der Waals surface area contributed by atoms with Gasteiger partial charge in [-0.3, -0.25) is 10.2 Å². The smallest absolute Gasteiger partial charge is 0.335 e. The zero-order valence-corrected chi connectivity index (χ0v) is 21.0. The van der Waals surface area contributed by atoms with Crippen molar-refractivity contribution < 1.29 is 19.8 Å². The highest BCUT2D eigenvalue weighted by atomic mass is 16.4. The molecule has 1 amide bonds. The predicted molar refractivity (Wildman–Crippen MR) is 141 cm³/mol. The Morgan fingerprint density at radius 2 is 1.86 bits per heavy atom. The van der Waals surface area contributed by atoms with Crippen LogP contribution in [0.2, 0.25) is 0 Å². The SMILES string of the molecule is Cc1ccc(N2N=C(C(C)(C)C)/C(=N/NC3(C(=O)O)C=CC=C(c4ccccc4O)C3)C2=O)cc1C. The Balaban J connectivity index is 1.70. The molecule has 186 valence electrons. The number of para-hydroxylation sites is 1. The molecule has 0 aromatic heterocycles. The molecule has 2 aromatic rings. The Bertz CT molecular complexity index is 1360. The van der Waals surface area contributed by atoms with Crippen LogP contribution >= 0.6 is 0 Å². The van der Waals surface area contributed by atoms with Crippen LogP contribution in [0, 0.1) is 19.3 Å². The van der Waals surface area contributed by atoms with Gasteiger partial charge in [0.2, 0.25) is 0 Å². The summed E-state index contributed by atoms with van der Waals surface area (Å²) in [7, 11) is 0. The topological polar surface area (TPSA) is 115 Å². The molecule has 8 nitrogen and oxygen atoms in total. The monoisotopic (exact) mass is 486 g/mol. The molecule has 1 unspecified atom stereocenters. The van der Waals surface area contributed by atoms with Gasteiger partial charge in [-0.25, -0.2) is 4.79 Å². The van der Waals surface area contributed by atoms with Gasteiger partial charge in [-0.2, -0.15) is 15.2 Å². The van der Waals surface area contributed by atoms with Crippen molar-refractivity contribution in [3.8, 4) is 5.75 Å². The van der Waals surface area contributed by atoms with Crippen molar-refractivity contribution in [2.75, 3.05) is 5.01 Å². The first-order valence-electron chi connectivity index (χ1n) is 11.7. The number of benzene rings is 2. The van der Waals surface area contributed by atoms with E-state index in [4.69, 9.17) is 0 Å². The lowest BCUT2D eigenvalue weighted by molar-refractivity contribution is -0.142. The Morgan fingerprint density at radius 3 is 2.50 bits per heavy atom. The fourth-order valence-electron chi connectivity index (χ4n) is 4.14. The molecule has 3 N–H and O–H groups in total. The zero-order chi connectivity index (χ0) is 26.3. The number of nitrogens with zero attached hydrogens (tertiary/aromatic N) is 3. The van der Waals surface area contributed by atoms with Gasteiger partial charge in [0, 0.05) is 17.4 Å². The fraction of sp³-hybridized carbons (Fsp3) is 0.286. The molecule has 1 heterocycles. The first-order valence-corrected chi connectivity index (χ1v) is 11.7. The summed E-state index contributed by atoms with van der Waals surface area (Å²) in [5, 5.41) is 30.7. The molecule has 2 aromatic carbocycles. The van der Waals surface area contributed by atoms with E-state index in [0.29, 0.717) is 22.5 Å². The van der Waals surface area contributed by atoms with E-state index in [-0.39, 0.29) is 17.9 Å². The number of amides is 1. The standard InChI is InChI=1S/C28H30N4O4/c1-17-12-13-20(15-18(17)2)32-25(34)23(24(30-32)27(3,4)5)29-31-28(26(35)36)14-8-9-19(16-28)21-10-6-7-11-22(21)33/h6-15,31,33H,16H2,1-5H3,(H,35,36)/b29-23-. The number of aryl methyl sites for hydroxylation is 2. The van der Waals surface area contributed by atoms with Gasteiger partial charge in [0.1, 0.15) is 5.75 Å². The van der Waals surface area contributed by atoms with Crippen LogP contribution in [0.3, 0.4) is 0 Å². The number of anilines is 1. The quantitative estimate of drug-likeness (QED) is 0.536. The number of hydrogen-bond donors (Lipinski definition) is 3. The van der Waals surface area contributed by atoms with Gasteiger partial charge in [0.15, 0.2) is 11.3 Å². The van der Waals surface area contributed by atoms with Crippen molar-refractivity contribution in [2.24, 2.45) is 15.6 Å². The fourth-order valence-corrected chi connectivity index (χ4v) is 4.14. The lowest BCUT2D eigenvalue weighted by Crippen LogP contribution is -2.50. The van der Waals surface area contributed by atoms with E-state index < -0.39 is 22.8 Å². The molecule has 4 rings (SSSR count). The third-order valence-corrected chi connectivity index (χ3v) is 6.41. The molecule has 0 fully saturated rings. The number of carboxylic acids is 1. The largest absolute Gasteiger partial charge is 0.507 e. The number of rotatable bonds is 5. The van der Waals surface area contributed by atoms with Crippen molar-refractivity contribution in [3.05, 3.63) is 77.4 Å². The molecule has 2 aliphatic rings. The highest BCUT2D eigenvalue weighted by Crippen LogP contribution is 2.35. The number of allylic oxidation sites excluding steroid dienone is 2. The highest BCUT2D eigenvalue weighted by molar-refractivity contribution is 6.72. The number of aromatic hydroxyl groups is 1. The van der Waals surface area contributed by atoms with E-state index in [1.165, 1.54) is 11.1 Å².